The summed E-state index contributed by atoms with van der Waals surface area (Å²) >= 11 is 7.89. The molecule has 0 fully saturated rings. The Morgan fingerprint density at radius 3 is 2.52 bits per heavy atom. The molecule has 0 amide bonds. The number of nitrogens with zero attached hydrogens (tertiary/aromatic N) is 2. The molecule has 0 saturated carbocycles. The van der Waals surface area contributed by atoms with Gasteiger partial charge in [-0.3, -0.25) is 9.59 Å². The maximum Gasteiger partial charge on any atom is 0.312 e. The van der Waals surface area contributed by atoms with E-state index < -0.39 is 5.97 Å². The van der Waals surface area contributed by atoms with Crippen LogP contribution in [0.4, 0.5) is 0 Å². The number of ether oxygens (including phenoxy) is 1. The molecule has 4 rings (SSSR count). The van der Waals surface area contributed by atoms with Gasteiger partial charge in [0.25, 0.3) is 5.56 Å². The molecule has 0 aliphatic carbocycles. The first-order valence-electron chi connectivity index (χ1n) is 8.31. The Balaban J connectivity index is 1.55. The summed E-state index contributed by atoms with van der Waals surface area (Å²) in [6.07, 6.45) is -0.0167. The Morgan fingerprint density at radius 2 is 1.78 bits per heavy atom. The molecule has 0 bridgehead atoms. The second-order valence-corrected chi connectivity index (χ2v) is 7.61. The molecule has 0 saturated heterocycles. The van der Waals surface area contributed by atoms with Crippen LogP contribution in [0.3, 0.4) is 0 Å². The molecule has 0 radical (unpaired) electrons. The van der Waals surface area contributed by atoms with Crippen LogP contribution < -0.4 is 5.56 Å². The Bertz CT molecular complexity index is 1230. The zero-order chi connectivity index (χ0) is 19.0. The van der Waals surface area contributed by atoms with E-state index in [2.05, 4.69) is 5.10 Å². The van der Waals surface area contributed by atoms with Gasteiger partial charge in [-0.05, 0) is 12.1 Å². The topological polar surface area (TPSA) is 61.2 Å². The van der Waals surface area contributed by atoms with Crippen LogP contribution in [0.2, 0.25) is 5.02 Å². The van der Waals surface area contributed by atoms with Gasteiger partial charge in [-0.2, -0.15) is 5.10 Å². The lowest BCUT2D eigenvalue weighted by molar-refractivity contribution is -0.144. The second-order valence-electron chi connectivity index (χ2n) is 6.09. The minimum Gasteiger partial charge on any atom is -0.460 e. The van der Waals surface area contributed by atoms with Crippen LogP contribution in [0, 0.1) is 0 Å². The standard InChI is InChI=1S/C20H15ClN2O3S/c1-23-20(25)13-7-3-2-6-12(13)15(22-23)10-18(24)26-11-17-19(21)14-8-4-5-9-16(14)27-17/h2-9H,10-11H2,1H3. The van der Waals surface area contributed by atoms with Crippen molar-refractivity contribution in [1.29, 1.82) is 0 Å². The first-order chi connectivity index (χ1) is 13.0. The van der Waals surface area contributed by atoms with Crippen molar-refractivity contribution in [2.45, 2.75) is 13.0 Å². The maximum atomic E-state index is 12.4. The highest BCUT2D eigenvalue weighted by Gasteiger charge is 2.15. The van der Waals surface area contributed by atoms with Crippen molar-refractivity contribution in [3.8, 4) is 0 Å². The number of aromatic nitrogens is 2. The van der Waals surface area contributed by atoms with Gasteiger partial charge in [-0.15, -0.1) is 11.3 Å². The molecule has 0 atom stereocenters. The predicted molar refractivity (Wildman–Crippen MR) is 107 cm³/mol. The Morgan fingerprint density at radius 1 is 1.11 bits per heavy atom. The number of halogens is 1. The normalized spacial score (nSPS) is 11.2. The van der Waals surface area contributed by atoms with Gasteiger partial charge in [0.15, 0.2) is 0 Å². The third kappa shape index (κ3) is 3.34. The van der Waals surface area contributed by atoms with Crippen LogP contribution in [0.25, 0.3) is 20.9 Å². The molecule has 5 nitrogen and oxygen atoms in total. The molecule has 2 heterocycles. The monoisotopic (exact) mass is 398 g/mol. The van der Waals surface area contributed by atoms with E-state index in [1.165, 1.54) is 16.0 Å². The summed E-state index contributed by atoms with van der Waals surface area (Å²) in [4.78, 5) is 25.3. The number of fused-ring (bicyclic) bond motifs is 2. The maximum absolute atomic E-state index is 12.4. The molecule has 7 heteroatoms. The highest BCUT2D eigenvalue weighted by Crippen LogP contribution is 2.35. The van der Waals surface area contributed by atoms with Crippen molar-refractivity contribution in [2.24, 2.45) is 7.05 Å². The van der Waals surface area contributed by atoms with Crippen LogP contribution in [-0.2, 0) is 29.6 Å². The van der Waals surface area contributed by atoms with Gasteiger partial charge in [-0.1, -0.05) is 48.0 Å². The largest absolute Gasteiger partial charge is 0.460 e. The predicted octanol–water partition coefficient (Wildman–Crippen LogP) is 4.09. The first-order valence-corrected chi connectivity index (χ1v) is 9.50. The van der Waals surface area contributed by atoms with Crippen molar-refractivity contribution in [1.82, 2.24) is 9.78 Å². The van der Waals surface area contributed by atoms with E-state index in [1.54, 1.807) is 25.2 Å². The zero-order valence-corrected chi connectivity index (χ0v) is 16.0. The molecule has 136 valence electrons. The number of carbonyl (C=O) groups is 1. The van der Waals surface area contributed by atoms with E-state index in [1.807, 2.05) is 30.3 Å². The quantitative estimate of drug-likeness (QED) is 0.486. The molecule has 0 aliphatic rings. The van der Waals surface area contributed by atoms with E-state index in [0.29, 0.717) is 21.5 Å². The number of esters is 1. The van der Waals surface area contributed by atoms with Gasteiger partial charge in [-0.25, -0.2) is 4.68 Å². The summed E-state index contributed by atoms with van der Waals surface area (Å²) in [5, 5.41) is 7.00. The van der Waals surface area contributed by atoms with E-state index in [4.69, 9.17) is 16.3 Å². The summed E-state index contributed by atoms with van der Waals surface area (Å²) in [6.45, 7) is 0.112. The van der Waals surface area contributed by atoms with Crippen molar-refractivity contribution >= 4 is 49.8 Å². The highest BCUT2D eigenvalue weighted by molar-refractivity contribution is 7.19. The molecular weight excluding hydrogens is 384 g/mol. The number of hydrogen-bond donors (Lipinski definition) is 0. The molecule has 2 aromatic carbocycles. The lowest BCUT2D eigenvalue weighted by Crippen LogP contribution is -2.22. The number of hydrogen-bond acceptors (Lipinski definition) is 5. The molecule has 0 aliphatic heterocycles. The number of thiophene rings is 1. The van der Waals surface area contributed by atoms with Crippen molar-refractivity contribution in [3.63, 3.8) is 0 Å². The number of aryl methyl sites for hydroxylation is 1. The van der Waals surface area contributed by atoms with Crippen molar-refractivity contribution < 1.29 is 9.53 Å². The van der Waals surface area contributed by atoms with E-state index >= 15 is 0 Å². The molecular formula is C20H15ClN2O3S. The lowest BCUT2D eigenvalue weighted by atomic mass is 10.1. The van der Waals surface area contributed by atoms with Crippen LogP contribution in [0.1, 0.15) is 10.6 Å². The van der Waals surface area contributed by atoms with Crippen LogP contribution in [0.5, 0.6) is 0 Å². The third-order valence-electron chi connectivity index (χ3n) is 4.31. The highest BCUT2D eigenvalue weighted by atomic mass is 35.5. The average molecular weight is 399 g/mol. The molecule has 4 aromatic rings. The fraction of sp³-hybridized carbons (Fsp3) is 0.150. The zero-order valence-electron chi connectivity index (χ0n) is 14.4. The fourth-order valence-corrected chi connectivity index (χ4v) is 4.40. The summed E-state index contributed by atoms with van der Waals surface area (Å²) < 4.78 is 7.72. The first kappa shape index (κ1) is 17.7. The summed E-state index contributed by atoms with van der Waals surface area (Å²) in [6, 6.07) is 14.9. The molecule has 0 N–H and O–H groups in total. The van der Waals surface area contributed by atoms with Gasteiger partial charge in [0, 0.05) is 22.5 Å². The SMILES string of the molecule is Cn1nc(CC(=O)OCc2sc3ccccc3c2Cl)c2ccccc2c1=O. The van der Waals surface area contributed by atoms with Crippen LogP contribution in [0.15, 0.2) is 53.3 Å². The molecule has 0 unspecified atom stereocenters. The lowest BCUT2D eigenvalue weighted by Gasteiger charge is -2.08. The van der Waals surface area contributed by atoms with E-state index in [9.17, 15) is 9.59 Å². The third-order valence-corrected chi connectivity index (χ3v) is 6.00. The van der Waals surface area contributed by atoms with Crippen LogP contribution >= 0.6 is 22.9 Å². The van der Waals surface area contributed by atoms with E-state index in [-0.39, 0.29) is 18.6 Å². The summed E-state index contributed by atoms with van der Waals surface area (Å²) in [5.41, 5.74) is 0.319. The van der Waals surface area contributed by atoms with Crippen molar-refractivity contribution in [2.75, 3.05) is 0 Å². The minimum absolute atomic E-state index is 0.0167. The van der Waals surface area contributed by atoms with Gasteiger partial charge < -0.3 is 4.74 Å². The minimum atomic E-state index is -0.417. The van der Waals surface area contributed by atoms with E-state index in [0.717, 1.165) is 15.0 Å². The molecule has 2 aromatic heterocycles. The summed E-state index contributed by atoms with van der Waals surface area (Å²) in [7, 11) is 1.57. The Labute approximate surface area is 163 Å². The number of carbonyl (C=O) groups excluding carboxylic acids is 1. The van der Waals surface area contributed by atoms with Crippen LogP contribution in [-0.4, -0.2) is 15.7 Å². The van der Waals surface area contributed by atoms with Gasteiger partial charge in [0.2, 0.25) is 0 Å². The fourth-order valence-electron chi connectivity index (χ4n) is 3.00. The average Bonchev–Trinajstić information content (AvgIpc) is 3.00. The van der Waals surface area contributed by atoms with Gasteiger partial charge in [0.05, 0.1) is 27.4 Å². The number of benzene rings is 2. The Kier molecular flexibility index (Phi) is 4.68. The number of rotatable bonds is 4. The van der Waals surface area contributed by atoms with Gasteiger partial charge >= 0.3 is 5.97 Å². The van der Waals surface area contributed by atoms with Crippen molar-refractivity contribution in [3.05, 3.63) is 74.5 Å². The summed E-state index contributed by atoms with van der Waals surface area (Å²) in [5.74, 6) is -0.417. The molecule has 0 spiro atoms. The second kappa shape index (κ2) is 7.13. The smallest absolute Gasteiger partial charge is 0.312 e. The van der Waals surface area contributed by atoms with Gasteiger partial charge in [0.1, 0.15) is 6.61 Å². The molecule has 27 heavy (non-hydrogen) atoms. The Hall–Kier alpha value is -2.70.